The molecule has 2 heterocycles. The number of amides is 2. The van der Waals surface area contributed by atoms with Crippen molar-refractivity contribution in [3.05, 3.63) is 70.6 Å². The number of alkyl halides is 3. The number of hydrogen-bond acceptors (Lipinski definition) is 4. The number of halogens is 3. The zero-order valence-electron chi connectivity index (χ0n) is 17.1. The van der Waals surface area contributed by atoms with Crippen LogP contribution in [0.1, 0.15) is 36.1 Å². The smallest absolute Gasteiger partial charge is 0.335 e. The van der Waals surface area contributed by atoms with Gasteiger partial charge in [0.15, 0.2) is 5.13 Å². The highest BCUT2D eigenvalue weighted by atomic mass is 32.1. The van der Waals surface area contributed by atoms with Gasteiger partial charge in [-0.15, -0.1) is 11.3 Å². The fourth-order valence-electron chi connectivity index (χ4n) is 3.91. The summed E-state index contributed by atoms with van der Waals surface area (Å²) in [4.78, 5) is 30.8. The van der Waals surface area contributed by atoms with Crippen molar-refractivity contribution in [3.63, 3.8) is 0 Å². The summed E-state index contributed by atoms with van der Waals surface area (Å²) in [6.45, 7) is 2.03. The van der Waals surface area contributed by atoms with Crippen LogP contribution in [-0.4, -0.2) is 28.2 Å². The van der Waals surface area contributed by atoms with E-state index in [4.69, 9.17) is 0 Å². The topological polar surface area (TPSA) is 62.3 Å². The molecule has 2 aromatic carbocycles. The van der Waals surface area contributed by atoms with Crippen LogP contribution in [0.4, 0.5) is 18.3 Å². The van der Waals surface area contributed by atoms with Crippen molar-refractivity contribution in [2.45, 2.75) is 32.0 Å². The molecule has 0 spiro atoms. The standard InChI is InChI=1S/C23H20F3N3O2S/c1-14(30)29-10-9-15-5-2-3-8-18(15)20(29)12-21(31)28-22-27-19(13-32-22)16-6-4-7-17(11-16)23(24,25)26/h2-8,11,13,20H,9-10,12H2,1H3,(H,27,28,31). The van der Waals surface area contributed by atoms with Crippen molar-refractivity contribution in [2.75, 3.05) is 11.9 Å². The Morgan fingerprint density at radius 3 is 2.72 bits per heavy atom. The maximum Gasteiger partial charge on any atom is 0.416 e. The molecule has 5 nitrogen and oxygen atoms in total. The van der Waals surface area contributed by atoms with E-state index in [1.807, 2.05) is 24.3 Å². The van der Waals surface area contributed by atoms with E-state index in [0.717, 1.165) is 41.0 Å². The molecule has 3 aromatic rings. The monoisotopic (exact) mass is 459 g/mol. The van der Waals surface area contributed by atoms with Crippen LogP contribution in [-0.2, 0) is 22.2 Å². The fourth-order valence-corrected chi connectivity index (χ4v) is 4.65. The fraction of sp³-hybridized carbons (Fsp3) is 0.261. The zero-order chi connectivity index (χ0) is 22.9. The van der Waals surface area contributed by atoms with Crippen molar-refractivity contribution in [1.82, 2.24) is 9.88 Å². The molecular formula is C23H20F3N3O2S. The molecule has 9 heteroatoms. The molecule has 1 aromatic heterocycles. The summed E-state index contributed by atoms with van der Waals surface area (Å²) in [6, 6.07) is 12.3. The Kier molecular flexibility index (Phi) is 6.01. The molecule has 2 amide bonds. The number of carbonyl (C=O) groups is 2. The third-order valence-corrected chi connectivity index (χ3v) is 6.19. The van der Waals surface area contributed by atoms with Crippen LogP contribution in [0.5, 0.6) is 0 Å². The first-order valence-electron chi connectivity index (χ1n) is 10.0. The minimum atomic E-state index is -4.44. The van der Waals surface area contributed by atoms with Gasteiger partial charge in [-0.3, -0.25) is 9.59 Å². The minimum absolute atomic E-state index is 0.0645. The Morgan fingerprint density at radius 1 is 1.19 bits per heavy atom. The predicted octanol–water partition coefficient (Wildman–Crippen LogP) is 5.30. The van der Waals surface area contributed by atoms with E-state index in [9.17, 15) is 22.8 Å². The summed E-state index contributed by atoms with van der Waals surface area (Å²) in [5.41, 5.74) is 1.98. The SMILES string of the molecule is CC(=O)N1CCc2ccccc2C1CC(=O)Nc1nc(-c2cccc(C(F)(F)F)c2)cs1. The molecule has 0 saturated carbocycles. The van der Waals surface area contributed by atoms with Gasteiger partial charge in [0.2, 0.25) is 11.8 Å². The molecule has 1 atom stereocenters. The second-order valence-electron chi connectivity index (χ2n) is 7.55. The summed E-state index contributed by atoms with van der Waals surface area (Å²) in [5.74, 6) is -0.415. The van der Waals surface area contributed by atoms with Crippen molar-refractivity contribution in [2.24, 2.45) is 0 Å². The van der Waals surface area contributed by atoms with Crippen LogP contribution in [0.25, 0.3) is 11.3 Å². The van der Waals surface area contributed by atoms with Crippen molar-refractivity contribution >= 4 is 28.3 Å². The molecule has 4 rings (SSSR count). The number of nitrogens with one attached hydrogen (secondary N) is 1. The minimum Gasteiger partial charge on any atom is -0.335 e. The van der Waals surface area contributed by atoms with Gasteiger partial charge < -0.3 is 10.2 Å². The molecule has 0 aliphatic carbocycles. The molecule has 1 aliphatic rings. The van der Waals surface area contributed by atoms with Gasteiger partial charge >= 0.3 is 6.18 Å². The number of hydrogen-bond donors (Lipinski definition) is 1. The van der Waals surface area contributed by atoms with E-state index < -0.39 is 11.7 Å². The number of benzene rings is 2. The third kappa shape index (κ3) is 4.67. The highest BCUT2D eigenvalue weighted by Gasteiger charge is 2.32. The van der Waals surface area contributed by atoms with E-state index >= 15 is 0 Å². The van der Waals surface area contributed by atoms with Crippen molar-refractivity contribution in [1.29, 1.82) is 0 Å². The van der Waals surface area contributed by atoms with E-state index in [1.54, 1.807) is 16.3 Å². The average molecular weight is 459 g/mol. The lowest BCUT2D eigenvalue weighted by Crippen LogP contribution is -2.40. The summed E-state index contributed by atoms with van der Waals surface area (Å²) in [5, 5.41) is 4.62. The molecule has 1 unspecified atom stereocenters. The van der Waals surface area contributed by atoms with Gasteiger partial charge in [0, 0.05) is 24.4 Å². The van der Waals surface area contributed by atoms with Gasteiger partial charge in [-0.25, -0.2) is 4.98 Å². The number of fused-ring (bicyclic) bond motifs is 1. The molecule has 32 heavy (non-hydrogen) atoms. The molecule has 0 bridgehead atoms. The normalized spacial score (nSPS) is 15.9. The maximum atomic E-state index is 13.0. The second kappa shape index (κ2) is 8.74. The molecule has 1 aliphatic heterocycles. The van der Waals surface area contributed by atoms with Crippen LogP contribution < -0.4 is 5.32 Å². The van der Waals surface area contributed by atoms with Gasteiger partial charge in [-0.05, 0) is 29.7 Å². The number of anilines is 1. The predicted molar refractivity (Wildman–Crippen MR) is 116 cm³/mol. The second-order valence-corrected chi connectivity index (χ2v) is 8.40. The van der Waals surface area contributed by atoms with Crippen molar-refractivity contribution in [3.8, 4) is 11.3 Å². The zero-order valence-corrected chi connectivity index (χ0v) is 18.0. The van der Waals surface area contributed by atoms with Crippen LogP contribution in [0.15, 0.2) is 53.9 Å². The lowest BCUT2D eigenvalue weighted by Gasteiger charge is -2.36. The summed E-state index contributed by atoms with van der Waals surface area (Å²) < 4.78 is 38.9. The first-order valence-corrected chi connectivity index (χ1v) is 10.9. The largest absolute Gasteiger partial charge is 0.416 e. The van der Waals surface area contributed by atoms with Crippen LogP contribution in [0.2, 0.25) is 0 Å². The Bertz CT molecular complexity index is 1160. The van der Waals surface area contributed by atoms with Gasteiger partial charge in [0.1, 0.15) is 0 Å². The number of aromatic nitrogens is 1. The summed E-state index contributed by atoms with van der Waals surface area (Å²) in [6.07, 6.45) is -3.64. The number of thiazole rings is 1. The highest BCUT2D eigenvalue weighted by Crippen LogP contribution is 2.34. The third-order valence-electron chi connectivity index (χ3n) is 5.43. The molecule has 1 N–H and O–H groups in total. The molecule has 166 valence electrons. The first kappa shape index (κ1) is 22.0. The molecule has 0 fully saturated rings. The number of nitrogens with zero attached hydrogens (tertiary/aromatic N) is 2. The summed E-state index contributed by atoms with van der Waals surface area (Å²) in [7, 11) is 0. The Hall–Kier alpha value is -3.20. The Morgan fingerprint density at radius 2 is 1.97 bits per heavy atom. The van der Waals surface area contributed by atoms with Gasteiger partial charge in [0.25, 0.3) is 0 Å². The van der Waals surface area contributed by atoms with E-state index in [1.165, 1.54) is 13.0 Å². The lowest BCUT2D eigenvalue weighted by atomic mass is 9.90. The maximum absolute atomic E-state index is 13.0. The first-order chi connectivity index (χ1) is 15.2. The van der Waals surface area contributed by atoms with Gasteiger partial charge in [-0.1, -0.05) is 36.4 Å². The van der Waals surface area contributed by atoms with Crippen LogP contribution >= 0.6 is 11.3 Å². The molecule has 0 radical (unpaired) electrons. The van der Waals surface area contributed by atoms with Crippen LogP contribution in [0, 0.1) is 0 Å². The highest BCUT2D eigenvalue weighted by molar-refractivity contribution is 7.14. The number of carbonyl (C=O) groups excluding carboxylic acids is 2. The molecular weight excluding hydrogens is 439 g/mol. The Balaban J connectivity index is 1.50. The van der Waals surface area contributed by atoms with Gasteiger partial charge in [-0.2, -0.15) is 13.2 Å². The van der Waals surface area contributed by atoms with Crippen molar-refractivity contribution < 1.29 is 22.8 Å². The quantitative estimate of drug-likeness (QED) is 0.576. The number of rotatable bonds is 4. The lowest BCUT2D eigenvalue weighted by molar-refractivity contribution is -0.137. The summed E-state index contributed by atoms with van der Waals surface area (Å²) >= 11 is 1.14. The average Bonchev–Trinajstić information content (AvgIpc) is 3.21. The van der Waals surface area contributed by atoms with E-state index in [2.05, 4.69) is 10.3 Å². The van der Waals surface area contributed by atoms with Gasteiger partial charge in [0.05, 0.1) is 23.7 Å². The molecule has 0 saturated heterocycles. The Labute approximate surface area is 186 Å². The van der Waals surface area contributed by atoms with Crippen LogP contribution in [0.3, 0.4) is 0 Å². The van der Waals surface area contributed by atoms with E-state index in [-0.39, 0.29) is 24.3 Å². The van der Waals surface area contributed by atoms with E-state index in [0.29, 0.717) is 22.9 Å².